The molecule has 100 valence electrons. The zero-order valence-corrected chi connectivity index (χ0v) is 10.6. The molecule has 0 heterocycles. The molecule has 0 amide bonds. The highest BCUT2D eigenvalue weighted by atomic mass is 19.4. The first-order valence-corrected chi connectivity index (χ1v) is 5.64. The van der Waals surface area contributed by atoms with Crippen molar-refractivity contribution < 1.29 is 13.2 Å². The molecule has 0 rings (SSSR count). The maximum Gasteiger partial charge on any atom is 0.405 e. The van der Waals surface area contributed by atoms with Crippen molar-refractivity contribution in [3.05, 3.63) is 0 Å². The molecule has 1 atom stereocenters. The summed E-state index contributed by atoms with van der Waals surface area (Å²) in [6.07, 6.45) is -3.62. The lowest BCUT2D eigenvalue weighted by Gasteiger charge is -2.24. The van der Waals surface area contributed by atoms with Crippen molar-refractivity contribution in [2.45, 2.75) is 19.5 Å². The number of alkyl halides is 3. The third-order valence-corrected chi connectivity index (χ3v) is 2.52. The van der Waals surface area contributed by atoms with Gasteiger partial charge in [0.25, 0.3) is 0 Å². The Morgan fingerprint density at radius 2 is 1.82 bits per heavy atom. The Hall–Kier alpha value is -0.800. The van der Waals surface area contributed by atoms with E-state index in [0.29, 0.717) is 13.1 Å². The molecule has 3 nitrogen and oxygen atoms in total. The summed E-state index contributed by atoms with van der Waals surface area (Å²) in [5.41, 5.74) is 0. The zero-order chi connectivity index (χ0) is 13.5. The Balaban J connectivity index is 4.16. The van der Waals surface area contributed by atoms with Crippen molar-refractivity contribution in [3.63, 3.8) is 0 Å². The highest BCUT2D eigenvalue weighted by Gasteiger charge is 2.40. The molecule has 0 radical (unpaired) electrons. The average molecular weight is 251 g/mol. The number of hydrogen-bond donors (Lipinski definition) is 0. The van der Waals surface area contributed by atoms with Crippen LogP contribution in [0.4, 0.5) is 13.2 Å². The molecule has 0 aromatic carbocycles. The van der Waals surface area contributed by atoms with Crippen LogP contribution in [0.5, 0.6) is 0 Å². The number of halogens is 3. The van der Waals surface area contributed by atoms with E-state index in [1.165, 1.54) is 6.07 Å². The fourth-order valence-corrected chi connectivity index (χ4v) is 1.46. The van der Waals surface area contributed by atoms with Gasteiger partial charge in [0.1, 0.15) is 0 Å². The first-order valence-electron chi connectivity index (χ1n) is 5.64. The second-order valence-electron chi connectivity index (χ2n) is 4.27. The molecule has 17 heavy (non-hydrogen) atoms. The Bertz CT molecular complexity index is 245. The first kappa shape index (κ1) is 16.2. The van der Waals surface area contributed by atoms with Crippen LogP contribution in [-0.2, 0) is 0 Å². The molecule has 0 saturated carbocycles. The molecule has 0 aromatic heterocycles. The van der Waals surface area contributed by atoms with Gasteiger partial charge in [0.2, 0.25) is 0 Å². The van der Waals surface area contributed by atoms with Gasteiger partial charge < -0.3 is 9.80 Å². The molecule has 6 heteroatoms. The summed E-state index contributed by atoms with van der Waals surface area (Å²) in [5, 5.41) is 8.51. The third kappa shape index (κ3) is 7.18. The minimum Gasteiger partial charge on any atom is -0.309 e. The van der Waals surface area contributed by atoms with E-state index in [1.54, 1.807) is 11.8 Å². The maximum absolute atomic E-state index is 12.4. The standard InChI is InChI=1S/C11H20F3N3/c1-4-17(7-5-6-16(2)3)9-10(8-15)11(12,13)14/h10H,4-7,9H2,1-3H3. The maximum atomic E-state index is 12.4. The summed E-state index contributed by atoms with van der Waals surface area (Å²) in [4.78, 5) is 3.66. The molecule has 0 N–H and O–H groups in total. The normalized spacial score (nSPS) is 14.1. The van der Waals surface area contributed by atoms with Crippen LogP contribution in [0.3, 0.4) is 0 Å². The van der Waals surface area contributed by atoms with Crippen molar-refractivity contribution in [1.82, 2.24) is 9.80 Å². The average Bonchev–Trinajstić information content (AvgIpc) is 2.20. The van der Waals surface area contributed by atoms with E-state index in [4.69, 9.17) is 5.26 Å². The number of nitrogens with zero attached hydrogens (tertiary/aromatic N) is 3. The predicted molar refractivity (Wildman–Crippen MR) is 60.4 cm³/mol. The van der Waals surface area contributed by atoms with Gasteiger partial charge in [-0.1, -0.05) is 6.92 Å². The molecular formula is C11H20F3N3. The first-order chi connectivity index (χ1) is 7.81. The van der Waals surface area contributed by atoms with Crippen LogP contribution in [-0.4, -0.2) is 56.3 Å². The van der Waals surface area contributed by atoms with Crippen molar-refractivity contribution in [3.8, 4) is 6.07 Å². The van der Waals surface area contributed by atoms with Crippen LogP contribution >= 0.6 is 0 Å². The van der Waals surface area contributed by atoms with E-state index in [2.05, 4.69) is 0 Å². The van der Waals surface area contributed by atoms with E-state index in [1.807, 2.05) is 19.0 Å². The third-order valence-electron chi connectivity index (χ3n) is 2.52. The molecule has 0 aromatic rings. The van der Waals surface area contributed by atoms with E-state index in [0.717, 1.165) is 13.0 Å². The van der Waals surface area contributed by atoms with Gasteiger partial charge in [-0.05, 0) is 40.2 Å². The van der Waals surface area contributed by atoms with Gasteiger partial charge in [0.15, 0.2) is 5.92 Å². The van der Waals surface area contributed by atoms with Crippen molar-refractivity contribution in [1.29, 1.82) is 5.26 Å². The summed E-state index contributed by atoms with van der Waals surface area (Å²) in [6, 6.07) is 1.33. The molecule has 0 saturated heterocycles. The molecule has 1 unspecified atom stereocenters. The quantitative estimate of drug-likeness (QED) is 0.693. The van der Waals surface area contributed by atoms with Crippen molar-refractivity contribution in [2.75, 3.05) is 40.3 Å². The fourth-order valence-electron chi connectivity index (χ4n) is 1.46. The molecular weight excluding hydrogens is 231 g/mol. The Labute approximate surface area is 101 Å². The summed E-state index contributed by atoms with van der Waals surface area (Å²) >= 11 is 0. The second-order valence-corrected chi connectivity index (χ2v) is 4.27. The van der Waals surface area contributed by atoms with Gasteiger partial charge >= 0.3 is 6.18 Å². The Kier molecular flexibility index (Phi) is 7.16. The largest absolute Gasteiger partial charge is 0.405 e. The summed E-state index contributed by atoms with van der Waals surface area (Å²) < 4.78 is 37.2. The highest BCUT2D eigenvalue weighted by Crippen LogP contribution is 2.26. The molecule has 0 spiro atoms. The molecule has 0 aliphatic heterocycles. The van der Waals surface area contributed by atoms with Gasteiger partial charge in [-0.3, -0.25) is 0 Å². The van der Waals surface area contributed by atoms with Gasteiger partial charge in [0, 0.05) is 6.54 Å². The monoisotopic (exact) mass is 251 g/mol. The van der Waals surface area contributed by atoms with Gasteiger partial charge in [-0.2, -0.15) is 18.4 Å². The van der Waals surface area contributed by atoms with E-state index >= 15 is 0 Å². The molecule has 0 aliphatic rings. The second kappa shape index (κ2) is 7.51. The van der Waals surface area contributed by atoms with Crippen LogP contribution < -0.4 is 0 Å². The van der Waals surface area contributed by atoms with Crippen LogP contribution in [0, 0.1) is 17.2 Å². The highest BCUT2D eigenvalue weighted by molar-refractivity contribution is 4.90. The number of nitriles is 1. The van der Waals surface area contributed by atoms with Gasteiger partial charge in [-0.15, -0.1) is 0 Å². The zero-order valence-electron chi connectivity index (χ0n) is 10.6. The van der Waals surface area contributed by atoms with E-state index < -0.39 is 12.1 Å². The lowest BCUT2D eigenvalue weighted by atomic mass is 10.1. The molecule has 0 fully saturated rings. The van der Waals surface area contributed by atoms with Crippen molar-refractivity contribution in [2.24, 2.45) is 5.92 Å². The van der Waals surface area contributed by atoms with Crippen LogP contribution in [0.15, 0.2) is 0 Å². The summed E-state index contributed by atoms with van der Waals surface area (Å²) in [6.45, 7) is 3.52. The van der Waals surface area contributed by atoms with Crippen molar-refractivity contribution >= 4 is 0 Å². The minimum atomic E-state index is -4.43. The topological polar surface area (TPSA) is 30.3 Å². The fraction of sp³-hybridized carbons (Fsp3) is 0.909. The van der Waals surface area contributed by atoms with E-state index in [9.17, 15) is 13.2 Å². The SMILES string of the molecule is CCN(CCCN(C)C)CC(C#N)C(F)(F)F. The summed E-state index contributed by atoms with van der Waals surface area (Å²) in [7, 11) is 3.84. The number of hydrogen-bond acceptors (Lipinski definition) is 3. The van der Waals surface area contributed by atoms with Gasteiger partial charge in [0.05, 0.1) is 6.07 Å². The molecule has 0 aliphatic carbocycles. The van der Waals surface area contributed by atoms with Crippen LogP contribution in [0.1, 0.15) is 13.3 Å². The minimum absolute atomic E-state index is 0.232. The summed E-state index contributed by atoms with van der Waals surface area (Å²) in [5.74, 6) is -1.89. The Morgan fingerprint density at radius 3 is 2.18 bits per heavy atom. The smallest absolute Gasteiger partial charge is 0.309 e. The van der Waals surface area contributed by atoms with E-state index in [-0.39, 0.29) is 6.54 Å². The van der Waals surface area contributed by atoms with Crippen LogP contribution in [0.25, 0.3) is 0 Å². The predicted octanol–water partition coefficient (Wildman–Crippen LogP) is 1.96. The number of rotatable bonds is 7. The molecule has 0 bridgehead atoms. The lowest BCUT2D eigenvalue weighted by molar-refractivity contribution is -0.163. The van der Waals surface area contributed by atoms with Gasteiger partial charge in [-0.25, -0.2) is 0 Å². The lowest BCUT2D eigenvalue weighted by Crippen LogP contribution is -2.37. The van der Waals surface area contributed by atoms with Crippen LogP contribution in [0.2, 0.25) is 0 Å². The Morgan fingerprint density at radius 1 is 1.24 bits per heavy atom.